The van der Waals surface area contributed by atoms with Crippen molar-refractivity contribution in [1.82, 2.24) is 15.1 Å². The minimum absolute atomic E-state index is 0.0698. The Hall–Kier alpha value is -2.39. The first kappa shape index (κ1) is 28.7. The molecule has 1 aromatic rings. The van der Waals surface area contributed by atoms with Gasteiger partial charge in [-0.1, -0.05) is 13.8 Å². The molecule has 5 fully saturated rings. The van der Waals surface area contributed by atoms with E-state index in [2.05, 4.69) is 25.6 Å². The Labute approximate surface area is 243 Å². The van der Waals surface area contributed by atoms with Crippen molar-refractivity contribution in [3.8, 4) is 0 Å². The Morgan fingerprint density at radius 3 is 2.71 bits per heavy atom. The number of likely N-dealkylation sites (N-methyl/N-ethyl adjacent to an activating group) is 1. The van der Waals surface area contributed by atoms with E-state index >= 15 is 0 Å². The summed E-state index contributed by atoms with van der Waals surface area (Å²) >= 11 is 0. The van der Waals surface area contributed by atoms with Crippen LogP contribution in [0.1, 0.15) is 76.7 Å². The van der Waals surface area contributed by atoms with E-state index in [0.29, 0.717) is 44.4 Å². The van der Waals surface area contributed by atoms with Crippen LogP contribution in [-0.2, 0) is 9.53 Å². The summed E-state index contributed by atoms with van der Waals surface area (Å²) in [5.41, 5.74) is -0.308. The van der Waals surface area contributed by atoms with Crippen molar-refractivity contribution in [2.45, 2.75) is 82.8 Å². The maximum atomic E-state index is 12.6. The molecule has 2 heterocycles. The number of rotatable bonds is 5. The first-order chi connectivity index (χ1) is 19.5. The second-order valence-corrected chi connectivity index (χ2v) is 14.0. The third kappa shape index (κ3) is 4.90. The summed E-state index contributed by atoms with van der Waals surface area (Å²) < 4.78 is 11.1. The molecule has 0 unspecified atom stereocenters. The molecule has 2 amide bonds. The lowest BCUT2D eigenvalue weighted by Crippen LogP contribution is -2.62. The molecule has 0 spiro atoms. The second kappa shape index (κ2) is 10.7. The molecular weight excluding hydrogens is 522 g/mol. The predicted octanol–water partition coefficient (Wildman–Crippen LogP) is 3.56. The summed E-state index contributed by atoms with van der Waals surface area (Å²) in [6, 6.07) is 3.34. The van der Waals surface area contributed by atoms with Crippen LogP contribution in [0.2, 0.25) is 0 Å². The monoisotopic (exact) mass is 568 g/mol. The van der Waals surface area contributed by atoms with Gasteiger partial charge in [-0.3, -0.25) is 9.69 Å². The van der Waals surface area contributed by atoms with Crippen LogP contribution in [-0.4, -0.2) is 78.4 Å². The zero-order valence-corrected chi connectivity index (χ0v) is 24.8. The fourth-order valence-electron chi connectivity index (χ4n) is 9.63. The van der Waals surface area contributed by atoms with Gasteiger partial charge in [0.25, 0.3) is 0 Å². The van der Waals surface area contributed by atoms with Crippen LogP contribution in [0.5, 0.6) is 0 Å². The van der Waals surface area contributed by atoms with E-state index in [9.17, 15) is 19.5 Å². The Kier molecular flexibility index (Phi) is 7.50. The molecule has 0 bridgehead atoms. The van der Waals surface area contributed by atoms with E-state index in [1.165, 1.54) is 6.07 Å². The van der Waals surface area contributed by atoms with Crippen molar-refractivity contribution in [3.05, 3.63) is 40.8 Å². The van der Waals surface area contributed by atoms with Crippen LogP contribution in [0.4, 0.5) is 4.79 Å². The minimum atomic E-state index is -0.775. The third-order valence-corrected chi connectivity index (χ3v) is 12.1. The number of carbonyl (C=O) groups excluding carboxylic acids is 2. The maximum absolute atomic E-state index is 12.6. The van der Waals surface area contributed by atoms with Crippen LogP contribution in [0.25, 0.3) is 0 Å². The average Bonchev–Trinajstić information content (AvgIpc) is 3.21. The number of nitrogens with one attached hydrogen (secondary N) is 1. The van der Waals surface area contributed by atoms with E-state index in [0.717, 1.165) is 57.1 Å². The molecule has 225 valence electrons. The molecule has 1 saturated heterocycles. The van der Waals surface area contributed by atoms with E-state index in [4.69, 9.17) is 9.15 Å². The number of hydrogen-bond acceptors (Lipinski definition) is 7. The molecule has 41 heavy (non-hydrogen) atoms. The van der Waals surface area contributed by atoms with E-state index in [-0.39, 0.29) is 46.4 Å². The van der Waals surface area contributed by atoms with E-state index in [1.54, 1.807) is 11.2 Å². The number of nitrogens with zero attached hydrogens (tertiary/aromatic N) is 2. The van der Waals surface area contributed by atoms with Crippen LogP contribution < -0.4 is 10.9 Å². The molecule has 4 saturated carbocycles. The molecule has 1 aliphatic heterocycles. The molecule has 2 N–H and O–H groups in total. The first-order valence-corrected chi connectivity index (χ1v) is 15.6. The van der Waals surface area contributed by atoms with Gasteiger partial charge >= 0.3 is 11.7 Å². The summed E-state index contributed by atoms with van der Waals surface area (Å²) in [6.45, 7) is 7.53. The highest BCUT2D eigenvalue weighted by molar-refractivity contribution is 5.79. The number of piperazine rings is 1. The highest BCUT2D eigenvalue weighted by atomic mass is 16.6. The lowest BCUT2D eigenvalue weighted by atomic mass is 9.43. The van der Waals surface area contributed by atoms with Crippen molar-refractivity contribution < 1.29 is 23.8 Å². The van der Waals surface area contributed by atoms with Crippen molar-refractivity contribution in [3.63, 3.8) is 0 Å². The van der Waals surface area contributed by atoms with Gasteiger partial charge in [0.05, 0.1) is 18.4 Å². The molecule has 1 radical (unpaired) electrons. The molecule has 5 aliphatic rings. The largest absolute Gasteiger partial charge is 0.446 e. The fraction of sp³-hybridized carbons (Fsp3) is 0.750. The molecule has 4 aliphatic carbocycles. The summed E-state index contributed by atoms with van der Waals surface area (Å²) in [7, 11) is 1.94. The normalized spacial score (nSPS) is 40.8. The van der Waals surface area contributed by atoms with Gasteiger partial charge in [0, 0.05) is 37.7 Å². The van der Waals surface area contributed by atoms with Gasteiger partial charge in [-0.2, -0.15) is 0 Å². The Balaban J connectivity index is 1.05. The number of aliphatic hydroxyl groups is 1. The molecule has 8 atom stereocenters. The van der Waals surface area contributed by atoms with E-state index in [1.807, 2.05) is 18.0 Å². The average molecular weight is 569 g/mol. The van der Waals surface area contributed by atoms with Gasteiger partial charge < -0.3 is 24.5 Å². The third-order valence-electron chi connectivity index (χ3n) is 12.1. The number of alkyl carbamates (subject to hydrolysis) is 1. The second-order valence-electron chi connectivity index (χ2n) is 14.0. The number of fused-ring (bicyclic) bond motifs is 5. The SMILES string of the molecule is CN1CCN(CCNC(=O)O[C@H]2CC[C@@]3(C)[C@H](CC[C@@H]4[C@@H]3CC[C@]3(C)[C@@H](c5ccc(=O)oc5)[CH]C[C@]43O)C2)C(=O)C1. The number of carbonyl (C=O) groups is 2. The molecule has 1 aromatic heterocycles. The predicted molar refractivity (Wildman–Crippen MR) is 153 cm³/mol. The quantitative estimate of drug-likeness (QED) is 0.559. The molecule has 9 heteroatoms. The summed E-state index contributed by atoms with van der Waals surface area (Å²) in [5.74, 6) is 1.31. The smallest absolute Gasteiger partial charge is 0.407 e. The molecule has 0 aromatic carbocycles. The van der Waals surface area contributed by atoms with Crippen molar-refractivity contribution in [2.24, 2.45) is 28.6 Å². The van der Waals surface area contributed by atoms with Gasteiger partial charge in [0.15, 0.2) is 0 Å². The van der Waals surface area contributed by atoms with Crippen LogP contribution in [0.3, 0.4) is 0 Å². The first-order valence-electron chi connectivity index (χ1n) is 15.6. The van der Waals surface area contributed by atoms with Crippen molar-refractivity contribution >= 4 is 12.0 Å². The van der Waals surface area contributed by atoms with Crippen molar-refractivity contribution in [2.75, 3.05) is 39.8 Å². The van der Waals surface area contributed by atoms with Gasteiger partial charge in [-0.25, -0.2) is 9.59 Å². The number of hydrogen-bond donors (Lipinski definition) is 2. The van der Waals surface area contributed by atoms with Crippen LogP contribution in [0, 0.1) is 35.0 Å². The maximum Gasteiger partial charge on any atom is 0.407 e. The Morgan fingerprint density at radius 1 is 1.12 bits per heavy atom. The van der Waals surface area contributed by atoms with Crippen LogP contribution >= 0.6 is 0 Å². The Bertz CT molecular complexity index is 1200. The topological polar surface area (TPSA) is 112 Å². The number of amides is 2. The lowest BCUT2D eigenvalue weighted by Gasteiger charge is -2.63. The molecular formula is C32H46N3O6. The fourth-order valence-corrected chi connectivity index (χ4v) is 9.63. The Morgan fingerprint density at radius 2 is 1.95 bits per heavy atom. The highest BCUT2D eigenvalue weighted by Crippen LogP contribution is 2.70. The van der Waals surface area contributed by atoms with E-state index < -0.39 is 5.60 Å². The molecule has 9 nitrogen and oxygen atoms in total. The van der Waals surface area contributed by atoms with Crippen LogP contribution in [0.15, 0.2) is 27.6 Å². The summed E-state index contributed by atoms with van der Waals surface area (Å²) in [4.78, 5) is 40.1. The number of ether oxygens (including phenoxy) is 1. The van der Waals surface area contributed by atoms with Gasteiger partial charge in [-0.05, 0) is 106 Å². The van der Waals surface area contributed by atoms with Gasteiger partial charge in [-0.15, -0.1) is 0 Å². The van der Waals surface area contributed by atoms with Gasteiger partial charge in [0.2, 0.25) is 5.91 Å². The minimum Gasteiger partial charge on any atom is -0.446 e. The lowest BCUT2D eigenvalue weighted by molar-refractivity contribution is -0.205. The standard InChI is InChI=1S/C32H46N3O6/c1-30-11-8-23(41-29(38)33-14-15-35-17-16-34(3)19-27(35)36)18-22(30)5-6-26-25(30)9-12-31(2)24(10-13-32(26,31)39)21-4-7-28(37)40-20-21/h4,7,10,20,22-26,39H,5-6,8-9,11-19H2,1-3H3,(H,33,38)/t22-,23+,24-,25+,26-,30+,31-,32+/m1/s1. The highest BCUT2D eigenvalue weighted by Gasteiger charge is 2.67. The zero-order chi connectivity index (χ0) is 29.0. The van der Waals surface area contributed by atoms with Crippen molar-refractivity contribution in [1.29, 1.82) is 0 Å². The molecule has 6 rings (SSSR count). The summed E-state index contributed by atoms with van der Waals surface area (Å²) in [6.07, 6.45) is 10.8. The zero-order valence-electron chi connectivity index (χ0n) is 24.8. The summed E-state index contributed by atoms with van der Waals surface area (Å²) in [5, 5.41) is 15.3. The van der Waals surface area contributed by atoms with Gasteiger partial charge in [0.1, 0.15) is 6.10 Å².